The molecule has 2 aliphatic heterocycles. The standard InChI is InChI=1S/C14H21N3/c1-2-4-14-13(3-1)12(11-16-14)5-8-17-9-6-15-7-10-17/h1-4,12,15-16H,5-11H2/t12-/m1/s1. The van der Waals surface area contributed by atoms with Gasteiger partial charge in [-0.25, -0.2) is 0 Å². The number of piperazine rings is 1. The quantitative estimate of drug-likeness (QED) is 0.825. The van der Waals surface area contributed by atoms with Gasteiger partial charge in [0.15, 0.2) is 0 Å². The highest BCUT2D eigenvalue weighted by Gasteiger charge is 2.22. The van der Waals surface area contributed by atoms with Gasteiger partial charge >= 0.3 is 0 Å². The van der Waals surface area contributed by atoms with Crippen molar-refractivity contribution in [1.29, 1.82) is 0 Å². The van der Waals surface area contributed by atoms with E-state index >= 15 is 0 Å². The van der Waals surface area contributed by atoms with E-state index < -0.39 is 0 Å². The van der Waals surface area contributed by atoms with Crippen molar-refractivity contribution in [3.8, 4) is 0 Å². The summed E-state index contributed by atoms with van der Waals surface area (Å²) in [4.78, 5) is 2.58. The molecule has 1 saturated heterocycles. The van der Waals surface area contributed by atoms with Gasteiger partial charge in [-0.1, -0.05) is 18.2 Å². The fourth-order valence-corrected chi connectivity index (χ4v) is 2.89. The smallest absolute Gasteiger partial charge is 0.0376 e. The van der Waals surface area contributed by atoms with Gasteiger partial charge in [0.05, 0.1) is 0 Å². The summed E-state index contributed by atoms with van der Waals surface area (Å²) >= 11 is 0. The van der Waals surface area contributed by atoms with Gasteiger partial charge < -0.3 is 15.5 Å². The first-order chi connectivity index (χ1) is 8.43. The number of rotatable bonds is 3. The number of hydrogen-bond acceptors (Lipinski definition) is 3. The maximum Gasteiger partial charge on any atom is 0.0376 e. The molecule has 0 unspecified atom stereocenters. The molecule has 0 amide bonds. The van der Waals surface area contributed by atoms with Crippen LogP contribution in [0.5, 0.6) is 0 Å². The number of benzene rings is 1. The van der Waals surface area contributed by atoms with Crippen LogP contribution in [0.15, 0.2) is 24.3 Å². The summed E-state index contributed by atoms with van der Waals surface area (Å²) in [6, 6.07) is 8.74. The lowest BCUT2D eigenvalue weighted by Crippen LogP contribution is -2.44. The molecule has 17 heavy (non-hydrogen) atoms. The molecule has 3 rings (SSSR count). The molecule has 1 aromatic rings. The van der Waals surface area contributed by atoms with Crippen molar-refractivity contribution in [2.24, 2.45) is 0 Å². The van der Waals surface area contributed by atoms with Crippen molar-refractivity contribution in [3.63, 3.8) is 0 Å². The molecule has 2 heterocycles. The van der Waals surface area contributed by atoms with E-state index in [4.69, 9.17) is 0 Å². The Morgan fingerprint density at radius 3 is 2.88 bits per heavy atom. The first-order valence-corrected chi connectivity index (χ1v) is 6.69. The first kappa shape index (κ1) is 11.1. The van der Waals surface area contributed by atoms with Crippen LogP contribution < -0.4 is 10.6 Å². The van der Waals surface area contributed by atoms with E-state index in [2.05, 4.69) is 39.8 Å². The highest BCUT2D eigenvalue weighted by atomic mass is 15.2. The summed E-state index contributed by atoms with van der Waals surface area (Å²) in [5.74, 6) is 0.709. The van der Waals surface area contributed by atoms with Gasteiger partial charge in [-0.2, -0.15) is 0 Å². The molecule has 3 nitrogen and oxygen atoms in total. The minimum absolute atomic E-state index is 0.709. The summed E-state index contributed by atoms with van der Waals surface area (Å²) in [6.07, 6.45) is 1.28. The summed E-state index contributed by atoms with van der Waals surface area (Å²) in [5, 5.41) is 6.91. The van der Waals surface area contributed by atoms with Crippen LogP contribution in [0.25, 0.3) is 0 Å². The Kier molecular flexibility index (Phi) is 3.29. The van der Waals surface area contributed by atoms with Gasteiger partial charge in [-0.15, -0.1) is 0 Å². The lowest BCUT2D eigenvalue weighted by molar-refractivity contribution is 0.234. The van der Waals surface area contributed by atoms with E-state index in [0.29, 0.717) is 5.92 Å². The molecule has 1 fully saturated rings. The Hall–Kier alpha value is -1.06. The van der Waals surface area contributed by atoms with Crippen molar-refractivity contribution in [2.45, 2.75) is 12.3 Å². The molecule has 92 valence electrons. The summed E-state index contributed by atoms with van der Waals surface area (Å²) in [6.45, 7) is 7.08. The zero-order valence-corrected chi connectivity index (χ0v) is 10.3. The topological polar surface area (TPSA) is 27.3 Å². The van der Waals surface area contributed by atoms with Gasteiger partial charge in [0, 0.05) is 44.3 Å². The van der Waals surface area contributed by atoms with Crippen molar-refractivity contribution >= 4 is 5.69 Å². The van der Waals surface area contributed by atoms with Gasteiger partial charge in [0.1, 0.15) is 0 Å². The van der Waals surface area contributed by atoms with Crippen LogP contribution in [-0.4, -0.2) is 44.2 Å². The molecule has 0 bridgehead atoms. The Morgan fingerprint density at radius 2 is 2.00 bits per heavy atom. The second kappa shape index (κ2) is 5.07. The maximum absolute atomic E-state index is 3.51. The minimum atomic E-state index is 0.709. The number of fused-ring (bicyclic) bond motifs is 1. The summed E-state index contributed by atoms with van der Waals surface area (Å²) in [5.41, 5.74) is 2.86. The highest BCUT2D eigenvalue weighted by Crippen LogP contribution is 2.33. The zero-order valence-electron chi connectivity index (χ0n) is 10.3. The Balaban J connectivity index is 1.56. The van der Waals surface area contributed by atoms with Gasteiger partial charge in [-0.3, -0.25) is 0 Å². The van der Waals surface area contributed by atoms with Crippen molar-refractivity contribution < 1.29 is 0 Å². The molecule has 0 spiro atoms. The second-order valence-corrected chi connectivity index (χ2v) is 5.05. The molecule has 1 atom stereocenters. The van der Waals surface area contributed by atoms with E-state index in [1.807, 2.05) is 0 Å². The number of hydrogen-bond donors (Lipinski definition) is 2. The van der Waals surface area contributed by atoms with Crippen LogP contribution in [0.2, 0.25) is 0 Å². The van der Waals surface area contributed by atoms with Gasteiger partial charge in [-0.05, 0) is 24.6 Å². The fraction of sp³-hybridized carbons (Fsp3) is 0.571. The van der Waals surface area contributed by atoms with Crippen LogP contribution in [0.4, 0.5) is 5.69 Å². The molecule has 0 radical (unpaired) electrons. The van der Waals surface area contributed by atoms with Crippen molar-refractivity contribution in [1.82, 2.24) is 10.2 Å². The Morgan fingerprint density at radius 1 is 1.18 bits per heavy atom. The molecule has 2 aliphatic rings. The number of para-hydroxylation sites is 1. The molecule has 0 aromatic heterocycles. The lowest BCUT2D eigenvalue weighted by Gasteiger charge is -2.28. The number of nitrogens with one attached hydrogen (secondary N) is 2. The number of nitrogens with zero attached hydrogens (tertiary/aromatic N) is 1. The highest BCUT2D eigenvalue weighted by molar-refractivity contribution is 5.57. The minimum Gasteiger partial charge on any atom is -0.384 e. The normalized spacial score (nSPS) is 24.4. The third kappa shape index (κ3) is 2.45. The van der Waals surface area contributed by atoms with E-state index in [9.17, 15) is 0 Å². The summed E-state index contributed by atoms with van der Waals surface area (Å²) < 4.78 is 0. The average Bonchev–Trinajstić information content (AvgIpc) is 2.81. The Bertz CT molecular complexity index is 371. The van der Waals surface area contributed by atoms with Crippen LogP contribution in [0.1, 0.15) is 17.9 Å². The largest absolute Gasteiger partial charge is 0.384 e. The predicted molar refractivity (Wildman–Crippen MR) is 71.6 cm³/mol. The van der Waals surface area contributed by atoms with Gasteiger partial charge in [0.25, 0.3) is 0 Å². The van der Waals surface area contributed by atoms with E-state index in [1.165, 1.54) is 37.3 Å². The van der Waals surface area contributed by atoms with Crippen LogP contribution in [0, 0.1) is 0 Å². The third-order valence-electron chi connectivity index (χ3n) is 3.94. The van der Waals surface area contributed by atoms with Gasteiger partial charge in [0.2, 0.25) is 0 Å². The zero-order chi connectivity index (χ0) is 11.5. The SMILES string of the molecule is c1ccc2c(c1)NC[C@H]2CCN1CCNCC1. The fourth-order valence-electron chi connectivity index (χ4n) is 2.89. The second-order valence-electron chi connectivity index (χ2n) is 5.05. The predicted octanol–water partition coefficient (Wildman–Crippen LogP) is 1.49. The van der Waals surface area contributed by atoms with Crippen LogP contribution in [-0.2, 0) is 0 Å². The van der Waals surface area contributed by atoms with Crippen molar-refractivity contribution in [3.05, 3.63) is 29.8 Å². The molecule has 3 heteroatoms. The van der Waals surface area contributed by atoms with Crippen LogP contribution >= 0.6 is 0 Å². The van der Waals surface area contributed by atoms with Crippen LogP contribution in [0.3, 0.4) is 0 Å². The monoisotopic (exact) mass is 231 g/mol. The molecular weight excluding hydrogens is 210 g/mol. The molecule has 0 aliphatic carbocycles. The van der Waals surface area contributed by atoms with Crippen molar-refractivity contribution in [2.75, 3.05) is 44.6 Å². The lowest BCUT2D eigenvalue weighted by atomic mass is 9.97. The summed E-state index contributed by atoms with van der Waals surface area (Å²) in [7, 11) is 0. The molecule has 1 aromatic carbocycles. The molecule has 2 N–H and O–H groups in total. The molecule has 0 saturated carbocycles. The van der Waals surface area contributed by atoms with E-state index in [0.717, 1.165) is 19.6 Å². The average molecular weight is 231 g/mol. The maximum atomic E-state index is 3.51. The molecular formula is C14H21N3. The van der Waals surface area contributed by atoms with E-state index in [1.54, 1.807) is 0 Å². The van der Waals surface area contributed by atoms with E-state index in [-0.39, 0.29) is 0 Å². The third-order valence-corrected chi connectivity index (χ3v) is 3.94. The first-order valence-electron chi connectivity index (χ1n) is 6.69. The Labute approximate surface area is 103 Å². The number of anilines is 1.